The number of nitrogens with two attached hydrogens (primary N) is 1. The molecular formula is C39H52F5N5O14S. The summed E-state index contributed by atoms with van der Waals surface area (Å²) in [5, 5.41) is 55.5. The molecule has 2 aromatic carbocycles. The standard InChI is InChI=1S/C30H38F5N5O7S.C9H14O7/c31-24-25(32)27(34)29(28(35)26(24)33)47-23(42)8-11-43-13-15-45-17-18-46-16-14-44-12-10-37-19-21(40-36)3-1-2-9-38-30(48)39-20-4-6-22(41)7-5-20;10-6-2-4(16-3-7(6)11)1-5(8(12)13)9(14)15/h4-7,19,41H,1-3,8-18,36H2,(H2,38,39,48);4-7,10-11H,1-3H2,(H,12,13)(H,14,15)/b37-19?,40-21-;. The van der Waals surface area contributed by atoms with E-state index in [9.17, 15) is 46.5 Å². The SMILES string of the molecule is N/N=C(\C=NCCOCCOCCOCCOCCC(=O)Oc1c(F)c(F)c(F)c(F)c1F)CCCCNC(=S)Nc1ccc(O)cc1.O=C(O)C(CC1CC(O)C(O)CO1)C(=O)O. The number of benzene rings is 2. The second-order valence-corrected chi connectivity index (χ2v) is 13.8. The fraction of sp³-hybridized carbons (Fsp3) is 0.538. The van der Waals surface area contributed by atoms with Crippen LogP contribution in [0.15, 0.2) is 34.4 Å². The van der Waals surface area contributed by atoms with Crippen LogP contribution in [0.5, 0.6) is 11.5 Å². The smallest absolute Gasteiger partial charge is 0.317 e. The van der Waals surface area contributed by atoms with Crippen molar-refractivity contribution in [3.63, 3.8) is 0 Å². The molecular weight excluding hydrogens is 890 g/mol. The lowest BCUT2D eigenvalue weighted by Gasteiger charge is -2.31. The third-order valence-electron chi connectivity index (χ3n) is 8.54. The summed E-state index contributed by atoms with van der Waals surface area (Å²) >= 11 is 5.25. The van der Waals surface area contributed by atoms with E-state index < -0.39 is 83.4 Å². The number of unbranched alkanes of at least 4 members (excludes halogenated alkanes) is 1. The van der Waals surface area contributed by atoms with Crippen LogP contribution in [0.4, 0.5) is 27.6 Å². The van der Waals surface area contributed by atoms with Crippen LogP contribution in [-0.2, 0) is 38.1 Å². The lowest BCUT2D eigenvalue weighted by Crippen LogP contribution is -2.43. The summed E-state index contributed by atoms with van der Waals surface area (Å²) < 4.78 is 97.0. The van der Waals surface area contributed by atoms with Crippen molar-refractivity contribution in [2.75, 3.05) is 77.9 Å². The van der Waals surface area contributed by atoms with Crippen LogP contribution in [0, 0.1) is 35.0 Å². The summed E-state index contributed by atoms with van der Waals surface area (Å²) in [5.74, 6) is -13.0. The molecule has 0 spiro atoms. The number of carbonyl (C=O) groups excluding carboxylic acids is 1. The van der Waals surface area contributed by atoms with Crippen LogP contribution in [-0.4, -0.2) is 151 Å². The molecule has 1 aliphatic heterocycles. The highest BCUT2D eigenvalue weighted by Gasteiger charge is 2.35. The second kappa shape index (κ2) is 30.8. The fourth-order valence-electron chi connectivity index (χ4n) is 5.13. The molecule has 0 aliphatic carbocycles. The van der Waals surface area contributed by atoms with Gasteiger partial charge in [-0.15, -0.1) is 0 Å². The maximum absolute atomic E-state index is 13.5. The first-order valence-corrected chi connectivity index (χ1v) is 20.0. The number of hydrazone groups is 1. The Balaban J connectivity index is 0.000000736. The van der Waals surface area contributed by atoms with Gasteiger partial charge in [0.05, 0.1) is 90.3 Å². The van der Waals surface area contributed by atoms with Gasteiger partial charge in [-0.2, -0.15) is 13.9 Å². The van der Waals surface area contributed by atoms with Gasteiger partial charge in [-0.25, -0.2) is 13.2 Å². The van der Waals surface area contributed by atoms with Gasteiger partial charge in [0.2, 0.25) is 34.8 Å². The molecule has 1 aliphatic rings. The van der Waals surface area contributed by atoms with Gasteiger partial charge in [0.1, 0.15) is 11.9 Å². The number of nitrogens with zero attached hydrogens (tertiary/aromatic N) is 2. The molecule has 9 N–H and O–H groups in total. The first-order chi connectivity index (χ1) is 30.5. The Morgan fingerprint density at radius 2 is 1.36 bits per heavy atom. The van der Waals surface area contributed by atoms with Gasteiger partial charge >= 0.3 is 17.9 Å². The number of aliphatic carboxylic acids is 2. The van der Waals surface area contributed by atoms with Gasteiger partial charge in [0.25, 0.3) is 0 Å². The maximum atomic E-state index is 13.5. The normalized spacial score (nSPS) is 16.3. The number of aliphatic hydroxyl groups is 2. The highest BCUT2D eigenvalue weighted by Crippen LogP contribution is 2.29. The number of carbonyl (C=O) groups is 3. The number of aliphatic imine (C=N–C) groups is 1. The highest BCUT2D eigenvalue weighted by molar-refractivity contribution is 7.80. The number of nitrogens with one attached hydrogen (secondary N) is 2. The monoisotopic (exact) mass is 941 g/mol. The Morgan fingerprint density at radius 3 is 1.91 bits per heavy atom. The summed E-state index contributed by atoms with van der Waals surface area (Å²) in [7, 11) is 0. The number of anilines is 1. The minimum absolute atomic E-state index is 0.0399. The number of ether oxygens (including phenoxy) is 6. The van der Waals surface area contributed by atoms with E-state index in [-0.39, 0.29) is 51.6 Å². The van der Waals surface area contributed by atoms with Crippen molar-refractivity contribution in [3.05, 3.63) is 53.4 Å². The molecule has 3 atom stereocenters. The summed E-state index contributed by atoms with van der Waals surface area (Å²) in [4.78, 5) is 37.1. The number of thiocarbonyl (C=S) groups is 1. The number of aromatic hydroxyl groups is 1. The lowest BCUT2D eigenvalue weighted by molar-refractivity contribution is -0.161. The predicted molar refractivity (Wildman–Crippen MR) is 221 cm³/mol. The molecule has 19 nitrogen and oxygen atoms in total. The number of carboxylic acid groups (broad SMARTS) is 2. The molecule has 0 aromatic heterocycles. The number of phenolic OH excluding ortho intramolecular Hbond substituents is 1. The second-order valence-electron chi connectivity index (χ2n) is 13.4. The molecule has 25 heteroatoms. The zero-order valence-electron chi connectivity index (χ0n) is 34.4. The zero-order chi connectivity index (χ0) is 47.4. The minimum atomic E-state index is -2.35. The molecule has 358 valence electrons. The number of aliphatic hydroxyl groups excluding tert-OH is 2. The van der Waals surface area contributed by atoms with Crippen molar-refractivity contribution < 1.29 is 90.3 Å². The Kier molecular flexibility index (Phi) is 26.5. The molecule has 0 saturated carbocycles. The van der Waals surface area contributed by atoms with Crippen molar-refractivity contribution in [3.8, 4) is 11.5 Å². The number of rotatable bonds is 27. The van der Waals surface area contributed by atoms with E-state index in [1.807, 2.05) is 0 Å². The number of hydrogen-bond donors (Lipinski definition) is 8. The number of phenols is 1. The minimum Gasteiger partial charge on any atom is -0.508 e. The third kappa shape index (κ3) is 21.5. The summed E-state index contributed by atoms with van der Waals surface area (Å²) in [6, 6.07) is 6.59. The quantitative estimate of drug-likeness (QED) is 0.00520. The van der Waals surface area contributed by atoms with Crippen LogP contribution < -0.4 is 21.2 Å². The average molecular weight is 942 g/mol. The van der Waals surface area contributed by atoms with Gasteiger partial charge < -0.3 is 70.4 Å². The van der Waals surface area contributed by atoms with E-state index >= 15 is 0 Å². The van der Waals surface area contributed by atoms with Gasteiger partial charge in [-0.05, 0) is 62.2 Å². The van der Waals surface area contributed by atoms with Crippen LogP contribution >= 0.6 is 12.2 Å². The van der Waals surface area contributed by atoms with E-state index in [2.05, 4.69) is 25.5 Å². The molecule has 1 saturated heterocycles. The molecule has 1 heterocycles. The first-order valence-electron chi connectivity index (χ1n) is 19.6. The van der Waals surface area contributed by atoms with Gasteiger partial charge in [0, 0.05) is 24.9 Å². The fourth-order valence-corrected chi connectivity index (χ4v) is 5.35. The van der Waals surface area contributed by atoms with Crippen molar-refractivity contribution in [1.29, 1.82) is 0 Å². The van der Waals surface area contributed by atoms with Gasteiger partial charge in [0.15, 0.2) is 11.0 Å². The van der Waals surface area contributed by atoms with Crippen LogP contribution in [0.3, 0.4) is 0 Å². The van der Waals surface area contributed by atoms with E-state index in [4.69, 9.17) is 57.1 Å². The summed E-state index contributed by atoms with van der Waals surface area (Å²) in [6.45, 7) is 2.61. The number of halogens is 5. The van der Waals surface area contributed by atoms with Crippen molar-refractivity contribution in [2.45, 2.75) is 56.8 Å². The van der Waals surface area contributed by atoms with Crippen LogP contribution in [0.25, 0.3) is 0 Å². The Morgan fingerprint density at radius 1 is 0.812 bits per heavy atom. The molecule has 0 bridgehead atoms. The highest BCUT2D eigenvalue weighted by atomic mass is 32.1. The van der Waals surface area contributed by atoms with Crippen molar-refractivity contribution >= 4 is 52.9 Å². The van der Waals surface area contributed by atoms with Crippen molar-refractivity contribution in [2.24, 2.45) is 21.9 Å². The van der Waals surface area contributed by atoms with E-state index in [1.54, 1.807) is 30.5 Å². The predicted octanol–water partition coefficient (Wildman–Crippen LogP) is 2.66. The molecule has 0 amide bonds. The van der Waals surface area contributed by atoms with E-state index in [1.165, 1.54) is 0 Å². The topological polar surface area (TPSA) is 283 Å². The van der Waals surface area contributed by atoms with E-state index in [0.717, 1.165) is 18.5 Å². The number of carboxylic acids is 2. The number of esters is 1. The van der Waals surface area contributed by atoms with Crippen molar-refractivity contribution in [1.82, 2.24) is 5.32 Å². The zero-order valence-corrected chi connectivity index (χ0v) is 35.2. The first kappa shape index (κ1) is 55.0. The van der Waals surface area contributed by atoms with Gasteiger partial charge in [-0.1, -0.05) is 0 Å². The molecule has 1 fully saturated rings. The van der Waals surface area contributed by atoms with Crippen LogP contribution in [0.2, 0.25) is 0 Å². The average Bonchev–Trinajstić information content (AvgIpc) is 3.26. The van der Waals surface area contributed by atoms with Crippen LogP contribution in [0.1, 0.15) is 38.5 Å². The Hall–Kier alpha value is -5.15. The molecule has 2 aromatic rings. The largest absolute Gasteiger partial charge is 0.508 e. The number of hydrogen-bond acceptors (Lipinski definition) is 16. The maximum Gasteiger partial charge on any atom is 0.317 e. The van der Waals surface area contributed by atoms with E-state index in [0.29, 0.717) is 56.8 Å². The summed E-state index contributed by atoms with van der Waals surface area (Å²) in [6.07, 6.45) is 0.639. The lowest BCUT2D eigenvalue weighted by atomic mass is 9.94. The molecule has 64 heavy (non-hydrogen) atoms. The summed E-state index contributed by atoms with van der Waals surface area (Å²) in [5.41, 5.74) is 1.44. The van der Waals surface area contributed by atoms with Gasteiger partial charge in [-0.3, -0.25) is 19.4 Å². The molecule has 3 rings (SSSR count). The Labute approximate surface area is 369 Å². The molecule has 3 unspecified atom stereocenters. The Bertz CT molecular complexity index is 1790. The third-order valence-corrected chi connectivity index (χ3v) is 8.79. The molecule has 0 radical (unpaired) electrons.